The van der Waals surface area contributed by atoms with E-state index in [1.165, 1.54) is 17.6 Å². The molecule has 2 aromatic heterocycles. The first-order chi connectivity index (χ1) is 14.1. The number of carbonyl (C=O) groups is 1. The Morgan fingerprint density at radius 2 is 2.10 bits per heavy atom. The zero-order valence-corrected chi connectivity index (χ0v) is 18.2. The number of thiophene rings is 1. The van der Waals surface area contributed by atoms with Crippen LogP contribution in [0.4, 0.5) is 0 Å². The number of aromatic nitrogens is 2. The summed E-state index contributed by atoms with van der Waals surface area (Å²) in [6.45, 7) is 0. The fourth-order valence-corrected chi connectivity index (χ4v) is 5.09. The molecule has 0 aliphatic carbocycles. The molecule has 0 aliphatic heterocycles. The van der Waals surface area contributed by atoms with Gasteiger partial charge in [-0.2, -0.15) is 10.2 Å². The minimum Gasteiger partial charge on any atom is -0.497 e. The van der Waals surface area contributed by atoms with Gasteiger partial charge in [0.25, 0.3) is 5.91 Å². The molecule has 4 aromatic rings. The molecule has 1 amide bonds. The van der Waals surface area contributed by atoms with E-state index in [-0.39, 0.29) is 5.91 Å². The maximum atomic E-state index is 12.5. The van der Waals surface area contributed by atoms with Crippen molar-refractivity contribution in [2.75, 3.05) is 7.11 Å². The fraction of sp³-hybridized carbons (Fsp3) is 0.0500. The molecule has 0 radical (unpaired) electrons. The lowest BCUT2D eigenvalue weighted by atomic mass is 10.1. The summed E-state index contributed by atoms with van der Waals surface area (Å²) in [7, 11) is 1.62. The molecule has 2 aromatic carbocycles. The average Bonchev–Trinajstić information content (AvgIpc) is 3.33. The number of hydrogen-bond acceptors (Lipinski definition) is 5. The van der Waals surface area contributed by atoms with Crippen molar-refractivity contribution in [3.63, 3.8) is 0 Å². The van der Waals surface area contributed by atoms with E-state index in [0.717, 1.165) is 37.1 Å². The monoisotopic (exact) mass is 488 g/mol. The van der Waals surface area contributed by atoms with Gasteiger partial charge in [-0.25, -0.2) is 5.43 Å². The second-order valence-electron chi connectivity index (χ2n) is 5.99. The van der Waals surface area contributed by atoms with Gasteiger partial charge in [-0.1, -0.05) is 33.6 Å². The van der Waals surface area contributed by atoms with Gasteiger partial charge >= 0.3 is 0 Å². The van der Waals surface area contributed by atoms with Crippen LogP contribution in [0.2, 0.25) is 5.02 Å². The fourth-order valence-electron chi connectivity index (χ4n) is 2.81. The van der Waals surface area contributed by atoms with Crippen LogP contribution in [0.5, 0.6) is 5.75 Å². The molecule has 2 N–H and O–H groups in total. The first kappa shape index (κ1) is 19.6. The zero-order valence-electron chi connectivity index (χ0n) is 15.1. The summed E-state index contributed by atoms with van der Waals surface area (Å²) >= 11 is 11.2. The first-order valence-corrected chi connectivity index (χ1v) is 10.4. The molecule has 0 saturated heterocycles. The van der Waals surface area contributed by atoms with Crippen molar-refractivity contribution in [2.24, 2.45) is 5.10 Å². The summed E-state index contributed by atoms with van der Waals surface area (Å²) in [5, 5.41) is 12.3. The molecule has 4 rings (SSSR count). The average molecular weight is 490 g/mol. The largest absolute Gasteiger partial charge is 0.497 e. The van der Waals surface area contributed by atoms with E-state index in [0.29, 0.717) is 9.90 Å². The predicted octanol–water partition coefficient (Wildman–Crippen LogP) is 5.48. The number of H-pyrrole nitrogens is 1. The van der Waals surface area contributed by atoms with Gasteiger partial charge in [-0.15, -0.1) is 11.3 Å². The molecule has 146 valence electrons. The van der Waals surface area contributed by atoms with Crippen LogP contribution in [0.15, 0.2) is 58.2 Å². The van der Waals surface area contributed by atoms with Gasteiger partial charge in [0.2, 0.25) is 0 Å². The summed E-state index contributed by atoms with van der Waals surface area (Å²) in [5.74, 6) is 0.399. The molecule has 0 spiro atoms. The number of amides is 1. The number of nitrogens with one attached hydrogen (secondary N) is 2. The Labute approximate surface area is 183 Å². The smallest absolute Gasteiger partial charge is 0.283 e. The van der Waals surface area contributed by atoms with Gasteiger partial charge in [-0.3, -0.25) is 9.89 Å². The molecule has 0 bridgehead atoms. The normalized spacial score (nSPS) is 11.3. The lowest BCUT2D eigenvalue weighted by Crippen LogP contribution is -2.16. The number of aromatic amines is 1. The minimum absolute atomic E-state index is 0.367. The third-order valence-corrected chi connectivity index (χ3v) is 6.53. The number of hydrogen-bond donors (Lipinski definition) is 2. The van der Waals surface area contributed by atoms with Gasteiger partial charge in [0.1, 0.15) is 10.6 Å². The van der Waals surface area contributed by atoms with Crippen LogP contribution < -0.4 is 10.2 Å². The maximum absolute atomic E-state index is 12.5. The summed E-state index contributed by atoms with van der Waals surface area (Å²) in [5.41, 5.74) is 4.98. The van der Waals surface area contributed by atoms with Gasteiger partial charge in [0.15, 0.2) is 0 Å². The maximum Gasteiger partial charge on any atom is 0.283 e. The van der Waals surface area contributed by atoms with E-state index in [1.54, 1.807) is 13.3 Å². The van der Waals surface area contributed by atoms with Crippen molar-refractivity contribution in [2.45, 2.75) is 0 Å². The SMILES string of the molecule is COc1ccc(-c2[nH]ncc2/C=N/NC(=O)c2sc3cccc(Br)c3c2Cl)cc1. The number of ether oxygens (including phenoxy) is 1. The van der Waals surface area contributed by atoms with Crippen molar-refractivity contribution in [1.82, 2.24) is 15.6 Å². The third kappa shape index (κ3) is 3.91. The van der Waals surface area contributed by atoms with E-state index < -0.39 is 0 Å². The van der Waals surface area contributed by atoms with E-state index in [4.69, 9.17) is 16.3 Å². The van der Waals surface area contributed by atoms with Crippen molar-refractivity contribution >= 4 is 61.1 Å². The molecule has 2 heterocycles. The number of halogens is 2. The van der Waals surface area contributed by atoms with Crippen LogP contribution in [0.3, 0.4) is 0 Å². The quantitative estimate of drug-likeness (QED) is 0.288. The van der Waals surface area contributed by atoms with Gasteiger partial charge < -0.3 is 4.74 Å². The molecule has 0 aliphatic rings. The summed E-state index contributed by atoms with van der Waals surface area (Å²) < 4.78 is 6.95. The highest BCUT2D eigenvalue weighted by Crippen LogP contribution is 2.39. The standard InChI is InChI=1S/C20H14BrClN4O2S/c1-28-13-7-5-11(6-8-13)18-12(9-23-25-18)10-24-26-20(27)19-17(22)16-14(21)3-2-4-15(16)29-19/h2-10H,1H3,(H,23,25)(H,26,27)/b24-10+. The van der Waals surface area contributed by atoms with Crippen LogP contribution >= 0.6 is 38.9 Å². The molecule has 0 saturated carbocycles. The lowest BCUT2D eigenvalue weighted by Gasteiger charge is -2.02. The second-order valence-corrected chi connectivity index (χ2v) is 8.27. The van der Waals surface area contributed by atoms with Crippen molar-refractivity contribution in [3.05, 3.63) is 68.6 Å². The molecule has 6 nitrogen and oxygen atoms in total. The van der Waals surface area contributed by atoms with Crippen LogP contribution in [0, 0.1) is 0 Å². The molecule has 9 heteroatoms. The molecular weight excluding hydrogens is 476 g/mol. The summed E-state index contributed by atoms with van der Waals surface area (Å²) in [6, 6.07) is 13.3. The highest BCUT2D eigenvalue weighted by Gasteiger charge is 2.18. The minimum atomic E-state index is -0.367. The number of rotatable bonds is 5. The lowest BCUT2D eigenvalue weighted by molar-refractivity contribution is 0.0959. The number of benzene rings is 2. The highest BCUT2D eigenvalue weighted by atomic mass is 79.9. The Kier molecular flexibility index (Phi) is 5.66. The molecule has 29 heavy (non-hydrogen) atoms. The van der Waals surface area contributed by atoms with E-state index in [2.05, 4.69) is 36.7 Å². The Morgan fingerprint density at radius 3 is 2.83 bits per heavy atom. The number of methoxy groups -OCH3 is 1. The Balaban J connectivity index is 1.53. The number of hydrazone groups is 1. The second kappa shape index (κ2) is 8.36. The number of carbonyl (C=O) groups excluding carboxylic acids is 1. The van der Waals surface area contributed by atoms with Gasteiger partial charge in [-0.05, 0) is 36.4 Å². The molecule has 0 unspecified atom stereocenters. The third-order valence-electron chi connectivity index (χ3n) is 4.23. The van der Waals surface area contributed by atoms with Crippen molar-refractivity contribution in [1.29, 1.82) is 0 Å². The summed E-state index contributed by atoms with van der Waals surface area (Å²) in [4.78, 5) is 13.0. The van der Waals surface area contributed by atoms with E-state index in [1.807, 2.05) is 42.5 Å². The van der Waals surface area contributed by atoms with E-state index in [9.17, 15) is 4.79 Å². The highest BCUT2D eigenvalue weighted by molar-refractivity contribution is 9.10. The Hall–Kier alpha value is -2.68. The number of fused-ring (bicyclic) bond motifs is 1. The van der Waals surface area contributed by atoms with Crippen molar-refractivity contribution in [3.8, 4) is 17.0 Å². The Morgan fingerprint density at radius 1 is 1.31 bits per heavy atom. The van der Waals surface area contributed by atoms with Crippen LogP contribution in [-0.2, 0) is 0 Å². The summed E-state index contributed by atoms with van der Waals surface area (Å²) in [6.07, 6.45) is 3.18. The molecule has 0 fully saturated rings. The Bertz CT molecular complexity index is 1220. The van der Waals surface area contributed by atoms with E-state index >= 15 is 0 Å². The molecular formula is C20H14BrClN4O2S. The zero-order chi connectivity index (χ0) is 20.4. The first-order valence-electron chi connectivity index (χ1n) is 8.46. The molecule has 0 atom stereocenters. The van der Waals surface area contributed by atoms with Crippen LogP contribution in [0.1, 0.15) is 15.2 Å². The van der Waals surface area contributed by atoms with Gasteiger partial charge in [0, 0.05) is 25.7 Å². The number of nitrogens with zero attached hydrogens (tertiary/aromatic N) is 2. The van der Waals surface area contributed by atoms with Gasteiger partial charge in [0.05, 0.1) is 30.2 Å². The topological polar surface area (TPSA) is 79.4 Å². The van der Waals surface area contributed by atoms with Crippen LogP contribution in [-0.4, -0.2) is 29.4 Å². The predicted molar refractivity (Wildman–Crippen MR) is 120 cm³/mol. The van der Waals surface area contributed by atoms with Crippen LogP contribution in [0.25, 0.3) is 21.3 Å². The van der Waals surface area contributed by atoms with Crippen molar-refractivity contribution < 1.29 is 9.53 Å².